The average molecular weight is 222 g/mol. The molecule has 0 amide bonds. The van der Waals surface area contributed by atoms with Crippen LogP contribution in [0, 0.1) is 5.21 Å². The van der Waals surface area contributed by atoms with Gasteiger partial charge in [0.1, 0.15) is 0 Å². The molecule has 0 bridgehead atoms. The van der Waals surface area contributed by atoms with Crippen molar-refractivity contribution in [1.82, 2.24) is 0 Å². The Bertz CT molecular complexity index is 413. The van der Waals surface area contributed by atoms with Gasteiger partial charge in [-0.3, -0.25) is 4.79 Å². The number of allylic oxidation sites excluding steroid dienone is 2. The van der Waals surface area contributed by atoms with Crippen molar-refractivity contribution in [1.29, 1.82) is 0 Å². The number of hydrogen-bond acceptors (Lipinski definition) is 4. The van der Waals surface area contributed by atoms with Gasteiger partial charge in [0, 0.05) is 23.5 Å². The van der Waals surface area contributed by atoms with Crippen LogP contribution >= 0.6 is 0 Å². The predicted molar refractivity (Wildman–Crippen MR) is 60.3 cm³/mol. The zero-order valence-electron chi connectivity index (χ0n) is 9.15. The van der Waals surface area contributed by atoms with E-state index in [1.807, 2.05) is 0 Å². The molecule has 0 radical (unpaired) electrons. The maximum Gasteiger partial charge on any atom is 0.165 e. The molecule has 5 nitrogen and oxygen atoms in total. The van der Waals surface area contributed by atoms with Gasteiger partial charge in [-0.1, -0.05) is 6.07 Å². The molecule has 1 aromatic rings. The first kappa shape index (κ1) is 12.4. The molecule has 5 heteroatoms. The standard InChI is InChI=1S/C11H14N2O3/c1-8(6-9(2)14)12-10-4-3-5-11(7-10)13(15)16/h3-7,12-13,15H,1-2H3. The Morgan fingerprint density at radius 1 is 1.50 bits per heavy atom. The monoisotopic (exact) mass is 222 g/mol. The maximum atomic E-state index is 10.8. The number of quaternary nitrogens is 1. The SMILES string of the molecule is CC(=O)C=C(C)Nc1cccc([NH+]([O-])O)c1. The fraction of sp³-hybridized carbons (Fsp3) is 0.182. The molecule has 3 N–H and O–H groups in total. The molecule has 1 aromatic carbocycles. The molecule has 0 aromatic heterocycles. The molecule has 0 aliphatic rings. The van der Waals surface area contributed by atoms with Gasteiger partial charge in [0.25, 0.3) is 0 Å². The number of carbonyl (C=O) groups excluding carboxylic acids is 1. The molecule has 0 spiro atoms. The molecule has 0 fully saturated rings. The van der Waals surface area contributed by atoms with E-state index < -0.39 is 5.23 Å². The van der Waals surface area contributed by atoms with Crippen LogP contribution in [0.4, 0.5) is 11.4 Å². The van der Waals surface area contributed by atoms with Crippen molar-refractivity contribution in [2.45, 2.75) is 13.8 Å². The van der Waals surface area contributed by atoms with Crippen molar-refractivity contribution in [2.24, 2.45) is 0 Å². The first-order valence-corrected chi connectivity index (χ1v) is 4.78. The lowest BCUT2D eigenvalue weighted by atomic mass is 10.2. The number of carbonyl (C=O) groups is 1. The van der Waals surface area contributed by atoms with Crippen LogP contribution in [-0.2, 0) is 4.79 Å². The van der Waals surface area contributed by atoms with E-state index in [4.69, 9.17) is 5.21 Å². The summed E-state index contributed by atoms with van der Waals surface area (Å²) < 4.78 is 0. The van der Waals surface area contributed by atoms with Crippen LogP contribution in [0.5, 0.6) is 0 Å². The molecule has 16 heavy (non-hydrogen) atoms. The smallest absolute Gasteiger partial charge is 0.165 e. The van der Waals surface area contributed by atoms with Gasteiger partial charge in [0.05, 0.1) is 0 Å². The molecule has 0 saturated carbocycles. The second-order valence-corrected chi connectivity index (χ2v) is 3.45. The van der Waals surface area contributed by atoms with Crippen LogP contribution < -0.4 is 10.5 Å². The second kappa shape index (κ2) is 5.41. The molecule has 1 unspecified atom stereocenters. The summed E-state index contributed by atoms with van der Waals surface area (Å²) in [5.41, 5.74) is 1.53. The fourth-order valence-corrected chi connectivity index (χ4v) is 1.30. The number of rotatable bonds is 4. The van der Waals surface area contributed by atoms with Crippen LogP contribution in [0.25, 0.3) is 0 Å². The Morgan fingerprint density at radius 2 is 2.19 bits per heavy atom. The Labute approximate surface area is 93.5 Å². The molecule has 1 rings (SSSR count). The molecule has 1 atom stereocenters. The molecule has 0 aliphatic heterocycles. The Hall–Kier alpha value is -1.69. The summed E-state index contributed by atoms with van der Waals surface area (Å²) in [6.45, 7) is 3.20. The minimum absolute atomic E-state index is 0.0561. The van der Waals surface area contributed by atoms with Crippen molar-refractivity contribution in [3.8, 4) is 0 Å². The molecule has 86 valence electrons. The minimum atomic E-state index is -0.975. The molecule has 0 aliphatic carbocycles. The highest BCUT2D eigenvalue weighted by Gasteiger charge is 2.01. The average Bonchev–Trinajstić information content (AvgIpc) is 2.16. The summed E-state index contributed by atoms with van der Waals surface area (Å²) in [7, 11) is 0. The lowest BCUT2D eigenvalue weighted by Gasteiger charge is -2.13. The van der Waals surface area contributed by atoms with Gasteiger partial charge in [-0.25, -0.2) is 5.21 Å². The van der Waals surface area contributed by atoms with Crippen molar-refractivity contribution in [3.63, 3.8) is 0 Å². The van der Waals surface area contributed by atoms with E-state index in [0.29, 0.717) is 11.4 Å². The number of hydrogen-bond donors (Lipinski definition) is 3. The molecular formula is C11H14N2O3. The van der Waals surface area contributed by atoms with Gasteiger partial charge in [0.15, 0.2) is 11.5 Å². The zero-order chi connectivity index (χ0) is 12.1. The lowest BCUT2D eigenvalue weighted by molar-refractivity contribution is -0.991. The van der Waals surface area contributed by atoms with Crippen molar-refractivity contribution in [3.05, 3.63) is 41.2 Å². The largest absolute Gasteiger partial charge is 0.595 e. The summed E-state index contributed by atoms with van der Waals surface area (Å²) in [5, 5.41) is 21.5. The Kier molecular flexibility index (Phi) is 4.19. The van der Waals surface area contributed by atoms with Gasteiger partial charge in [-0.05, 0) is 26.0 Å². The number of nitrogens with one attached hydrogen (secondary N) is 2. The lowest BCUT2D eigenvalue weighted by Crippen LogP contribution is -2.99. The van der Waals surface area contributed by atoms with Gasteiger partial charge in [0.2, 0.25) is 0 Å². The Morgan fingerprint density at radius 3 is 2.75 bits per heavy atom. The number of anilines is 1. The third-order valence-electron chi connectivity index (χ3n) is 1.87. The quantitative estimate of drug-likeness (QED) is 0.524. The molecule has 0 saturated heterocycles. The van der Waals surface area contributed by atoms with Crippen LogP contribution in [0.2, 0.25) is 0 Å². The highest BCUT2D eigenvalue weighted by Crippen LogP contribution is 2.13. The van der Waals surface area contributed by atoms with E-state index in [9.17, 15) is 10.0 Å². The van der Waals surface area contributed by atoms with E-state index in [0.717, 1.165) is 0 Å². The minimum Gasteiger partial charge on any atom is -0.595 e. The summed E-state index contributed by atoms with van der Waals surface area (Å²) in [5.74, 6) is -0.0561. The van der Waals surface area contributed by atoms with Crippen molar-refractivity contribution < 1.29 is 15.2 Å². The van der Waals surface area contributed by atoms with E-state index >= 15 is 0 Å². The van der Waals surface area contributed by atoms with Crippen molar-refractivity contribution >= 4 is 17.2 Å². The normalized spacial score (nSPS) is 13.4. The topological polar surface area (TPSA) is 76.8 Å². The van der Waals surface area contributed by atoms with E-state index in [2.05, 4.69) is 5.32 Å². The highest BCUT2D eigenvalue weighted by atomic mass is 16.8. The predicted octanol–water partition coefficient (Wildman–Crippen LogP) is 0.995. The Balaban J connectivity index is 2.82. The van der Waals surface area contributed by atoms with E-state index in [-0.39, 0.29) is 11.5 Å². The van der Waals surface area contributed by atoms with E-state index in [1.54, 1.807) is 19.1 Å². The van der Waals surface area contributed by atoms with Gasteiger partial charge < -0.3 is 10.5 Å². The molecular weight excluding hydrogens is 208 g/mol. The van der Waals surface area contributed by atoms with Crippen LogP contribution in [-0.4, -0.2) is 11.0 Å². The summed E-state index contributed by atoms with van der Waals surface area (Å²) >= 11 is 0. The highest BCUT2D eigenvalue weighted by molar-refractivity contribution is 5.88. The van der Waals surface area contributed by atoms with Gasteiger partial charge in [-0.15, -0.1) is 0 Å². The fourth-order valence-electron chi connectivity index (χ4n) is 1.30. The second-order valence-electron chi connectivity index (χ2n) is 3.45. The first-order chi connectivity index (χ1) is 7.49. The van der Waals surface area contributed by atoms with Crippen LogP contribution in [0.3, 0.4) is 0 Å². The summed E-state index contributed by atoms with van der Waals surface area (Å²) in [6, 6.07) is 6.41. The van der Waals surface area contributed by atoms with Gasteiger partial charge in [-0.2, -0.15) is 5.23 Å². The summed E-state index contributed by atoms with van der Waals surface area (Å²) in [6.07, 6.45) is 1.45. The first-order valence-electron chi connectivity index (χ1n) is 4.78. The maximum absolute atomic E-state index is 10.8. The molecule has 0 heterocycles. The van der Waals surface area contributed by atoms with Gasteiger partial charge >= 0.3 is 0 Å². The van der Waals surface area contributed by atoms with Crippen LogP contribution in [0.1, 0.15) is 13.8 Å². The zero-order valence-corrected chi connectivity index (χ0v) is 9.15. The number of ketones is 1. The third kappa shape index (κ3) is 3.82. The van der Waals surface area contributed by atoms with Crippen LogP contribution in [0.15, 0.2) is 36.0 Å². The summed E-state index contributed by atoms with van der Waals surface area (Å²) in [4.78, 5) is 10.8. The van der Waals surface area contributed by atoms with E-state index in [1.165, 1.54) is 25.1 Å². The number of benzene rings is 1. The third-order valence-corrected chi connectivity index (χ3v) is 1.87. The van der Waals surface area contributed by atoms with Crippen molar-refractivity contribution in [2.75, 3.05) is 5.32 Å².